The number of hydrogen-bond acceptors (Lipinski definition) is 0. The SMILES string of the molecule is CC1(C)c2ccccc2-c2ccc(-n3c4ccccc4c4c5c6ccccc6n(-c6ccc7ccccc7c6)c5ccc43)cc21. The van der Waals surface area contributed by atoms with Gasteiger partial charge in [-0.2, -0.15) is 0 Å². The fourth-order valence-corrected chi connectivity index (χ4v) is 8.22. The molecule has 1 aliphatic carbocycles. The summed E-state index contributed by atoms with van der Waals surface area (Å²) in [6.07, 6.45) is 0. The summed E-state index contributed by atoms with van der Waals surface area (Å²) in [5.41, 5.74) is 12.8. The molecule has 0 saturated carbocycles. The fraction of sp³-hybridized carbons (Fsp3) is 0.0698. The molecule has 0 radical (unpaired) electrons. The minimum Gasteiger partial charge on any atom is -0.309 e. The zero-order chi connectivity index (χ0) is 29.9. The zero-order valence-electron chi connectivity index (χ0n) is 25.3. The van der Waals surface area contributed by atoms with Crippen molar-refractivity contribution in [2.75, 3.05) is 0 Å². The lowest BCUT2D eigenvalue weighted by Crippen LogP contribution is -2.15. The van der Waals surface area contributed by atoms with Gasteiger partial charge in [0.05, 0.1) is 22.1 Å². The molecule has 1 aliphatic rings. The molecule has 7 aromatic carbocycles. The Bertz CT molecular complexity index is 2680. The highest BCUT2D eigenvalue weighted by molar-refractivity contribution is 6.29. The van der Waals surface area contributed by atoms with E-state index in [9.17, 15) is 0 Å². The second-order valence-electron chi connectivity index (χ2n) is 13.0. The molecule has 0 N–H and O–H groups in total. The lowest BCUT2D eigenvalue weighted by atomic mass is 9.82. The van der Waals surface area contributed by atoms with E-state index >= 15 is 0 Å². The van der Waals surface area contributed by atoms with E-state index in [0.29, 0.717) is 0 Å². The number of benzene rings is 7. The first-order valence-corrected chi connectivity index (χ1v) is 15.8. The molecular formula is C43H30N2. The molecule has 10 rings (SSSR count). The first kappa shape index (κ1) is 24.8. The Morgan fingerprint density at radius 1 is 0.400 bits per heavy atom. The lowest BCUT2D eigenvalue weighted by molar-refractivity contribution is 0.660. The van der Waals surface area contributed by atoms with Gasteiger partial charge in [0.2, 0.25) is 0 Å². The summed E-state index contributed by atoms with van der Waals surface area (Å²) in [6, 6.07) is 53.8. The predicted octanol–water partition coefficient (Wildman–Crippen LogP) is 11.3. The first-order valence-electron chi connectivity index (χ1n) is 15.8. The number of aromatic nitrogens is 2. The zero-order valence-corrected chi connectivity index (χ0v) is 25.3. The number of rotatable bonds is 2. The summed E-state index contributed by atoms with van der Waals surface area (Å²) >= 11 is 0. The minimum absolute atomic E-state index is 0.0543. The highest BCUT2D eigenvalue weighted by Gasteiger charge is 2.35. The summed E-state index contributed by atoms with van der Waals surface area (Å²) < 4.78 is 4.92. The Morgan fingerprint density at radius 3 is 1.64 bits per heavy atom. The molecule has 2 heterocycles. The van der Waals surface area contributed by atoms with Crippen LogP contribution in [0.1, 0.15) is 25.0 Å². The normalized spacial score (nSPS) is 13.7. The van der Waals surface area contributed by atoms with Gasteiger partial charge in [0, 0.05) is 38.3 Å². The standard InChI is InChI=1S/C43H30N2/c1-43(2)35-16-8-5-13-31(35)32-22-21-30(26-36(32)43)45-38-18-10-7-15-34(38)42-40(45)24-23-39-41(42)33-14-6-9-17-37(33)44(39)29-20-19-27-11-3-4-12-28(27)25-29/h3-26H,1-2H3. The van der Waals surface area contributed by atoms with Crippen LogP contribution in [0.3, 0.4) is 0 Å². The summed E-state index contributed by atoms with van der Waals surface area (Å²) in [5, 5.41) is 7.68. The summed E-state index contributed by atoms with van der Waals surface area (Å²) in [7, 11) is 0. The molecule has 9 aromatic rings. The Labute approximate surface area is 261 Å². The molecule has 0 saturated heterocycles. The van der Waals surface area contributed by atoms with Gasteiger partial charge in [0.15, 0.2) is 0 Å². The highest BCUT2D eigenvalue weighted by atomic mass is 15.0. The van der Waals surface area contributed by atoms with Crippen LogP contribution in [-0.2, 0) is 5.41 Å². The summed E-state index contributed by atoms with van der Waals surface area (Å²) in [5.74, 6) is 0. The molecule has 0 unspecified atom stereocenters. The van der Waals surface area contributed by atoms with Crippen LogP contribution in [0.2, 0.25) is 0 Å². The topological polar surface area (TPSA) is 9.86 Å². The lowest BCUT2D eigenvalue weighted by Gasteiger charge is -2.22. The van der Waals surface area contributed by atoms with Crippen LogP contribution in [0.4, 0.5) is 0 Å². The van der Waals surface area contributed by atoms with Crippen molar-refractivity contribution in [1.82, 2.24) is 9.13 Å². The number of nitrogens with zero attached hydrogens (tertiary/aromatic N) is 2. The monoisotopic (exact) mass is 574 g/mol. The van der Waals surface area contributed by atoms with Crippen molar-refractivity contribution in [3.05, 3.63) is 157 Å². The molecule has 0 fully saturated rings. The third-order valence-corrected chi connectivity index (χ3v) is 10.3. The molecule has 2 nitrogen and oxygen atoms in total. The Kier molecular flexibility index (Phi) is 4.82. The first-order chi connectivity index (χ1) is 22.1. The molecule has 0 bridgehead atoms. The van der Waals surface area contributed by atoms with E-state index in [1.165, 1.54) is 88.0 Å². The van der Waals surface area contributed by atoms with Gasteiger partial charge >= 0.3 is 0 Å². The number of hydrogen-bond donors (Lipinski definition) is 0. The average molecular weight is 575 g/mol. The van der Waals surface area contributed by atoms with Crippen LogP contribution in [0, 0.1) is 0 Å². The highest BCUT2D eigenvalue weighted by Crippen LogP contribution is 2.50. The van der Waals surface area contributed by atoms with Gasteiger partial charge in [-0.05, 0) is 81.6 Å². The molecule has 212 valence electrons. The van der Waals surface area contributed by atoms with Crippen LogP contribution in [0.25, 0.3) is 76.9 Å². The van der Waals surface area contributed by atoms with Crippen molar-refractivity contribution in [2.45, 2.75) is 19.3 Å². The third-order valence-electron chi connectivity index (χ3n) is 10.3. The second-order valence-corrected chi connectivity index (χ2v) is 13.0. The van der Waals surface area contributed by atoms with Crippen molar-refractivity contribution < 1.29 is 0 Å². The van der Waals surface area contributed by atoms with Crippen LogP contribution in [0.15, 0.2) is 146 Å². The van der Waals surface area contributed by atoms with Crippen LogP contribution in [0.5, 0.6) is 0 Å². The van der Waals surface area contributed by atoms with Gasteiger partial charge in [0.1, 0.15) is 0 Å². The van der Waals surface area contributed by atoms with Crippen molar-refractivity contribution in [2.24, 2.45) is 0 Å². The van der Waals surface area contributed by atoms with Gasteiger partial charge in [-0.25, -0.2) is 0 Å². The summed E-state index contributed by atoms with van der Waals surface area (Å²) in [4.78, 5) is 0. The maximum absolute atomic E-state index is 2.48. The van der Waals surface area contributed by atoms with Gasteiger partial charge < -0.3 is 9.13 Å². The molecular weight excluding hydrogens is 544 g/mol. The van der Waals surface area contributed by atoms with Crippen molar-refractivity contribution in [3.8, 4) is 22.5 Å². The van der Waals surface area contributed by atoms with E-state index in [2.05, 4.69) is 169 Å². The van der Waals surface area contributed by atoms with Gasteiger partial charge in [-0.1, -0.05) is 111 Å². The second kappa shape index (κ2) is 8.74. The van der Waals surface area contributed by atoms with Crippen molar-refractivity contribution in [1.29, 1.82) is 0 Å². The van der Waals surface area contributed by atoms with Crippen LogP contribution < -0.4 is 0 Å². The van der Waals surface area contributed by atoms with E-state index in [-0.39, 0.29) is 5.41 Å². The molecule has 45 heavy (non-hydrogen) atoms. The van der Waals surface area contributed by atoms with Gasteiger partial charge in [0.25, 0.3) is 0 Å². The predicted molar refractivity (Wildman–Crippen MR) is 190 cm³/mol. The van der Waals surface area contributed by atoms with Crippen LogP contribution >= 0.6 is 0 Å². The van der Waals surface area contributed by atoms with E-state index < -0.39 is 0 Å². The van der Waals surface area contributed by atoms with E-state index in [1.54, 1.807) is 0 Å². The maximum Gasteiger partial charge on any atom is 0.0548 e. The maximum atomic E-state index is 2.48. The Hall–Kier alpha value is -5.60. The largest absolute Gasteiger partial charge is 0.309 e. The van der Waals surface area contributed by atoms with E-state index in [0.717, 1.165) is 0 Å². The van der Waals surface area contributed by atoms with Crippen molar-refractivity contribution >= 4 is 54.4 Å². The molecule has 0 atom stereocenters. The Morgan fingerprint density at radius 2 is 0.933 bits per heavy atom. The molecule has 0 aliphatic heterocycles. The summed E-state index contributed by atoms with van der Waals surface area (Å²) in [6.45, 7) is 4.72. The molecule has 2 heteroatoms. The van der Waals surface area contributed by atoms with Crippen molar-refractivity contribution in [3.63, 3.8) is 0 Å². The number of fused-ring (bicyclic) bond motifs is 11. The average Bonchev–Trinajstić information content (AvgIpc) is 3.68. The Balaban J connectivity index is 1.29. The van der Waals surface area contributed by atoms with E-state index in [1.807, 2.05) is 0 Å². The third kappa shape index (κ3) is 3.24. The minimum atomic E-state index is -0.0543. The fourth-order valence-electron chi connectivity index (χ4n) is 8.22. The molecule has 2 aromatic heterocycles. The molecule has 0 spiro atoms. The number of para-hydroxylation sites is 2. The quantitative estimate of drug-likeness (QED) is 0.194. The van der Waals surface area contributed by atoms with Gasteiger partial charge in [-0.3, -0.25) is 0 Å². The van der Waals surface area contributed by atoms with E-state index in [4.69, 9.17) is 0 Å². The molecule has 0 amide bonds. The van der Waals surface area contributed by atoms with Crippen LogP contribution in [-0.4, -0.2) is 9.13 Å². The smallest absolute Gasteiger partial charge is 0.0548 e. The van der Waals surface area contributed by atoms with Gasteiger partial charge in [-0.15, -0.1) is 0 Å².